The van der Waals surface area contributed by atoms with Crippen LogP contribution in [0.5, 0.6) is 11.5 Å². The summed E-state index contributed by atoms with van der Waals surface area (Å²) in [5.41, 5.74) is 3.73. The highest BCUT2D eigenvalue weighted by atomic mass is 16.5. The Morgan fingerprint density at radius 3 is 2.15 bits per heavy atom. The lowest BCUT2D eigenvalue weighted by atomic mass is 9.95. The first-order chi connectivity index (χ1) is 16.4. The summed E-state index contributed by atoms with van der Waals surface area (Å²) in [4.78, 5) is 25.1. The van der Waals surface area contributed by atoms with Crippen molar-refractivity contribution in [3.8, 4) is 11.5 Å². The maximum absolute atomic E-state index is 13.0. The second-order valence-corrected chi connectivity index (χ2v) is 8.53. The van der Waals surface area contributed by atoms with Gasteiger partial charge in [0.2, 0.25) is 0 Å². The third-order valence-corrected chi connectivity index (χ3v) is 5.70. The van der Waals surface area contributed by atoms with Gasteiger partial charge in [-0.3, -0.25) is 0 Å². The van der Waals surface area contributed by atoms with Gasteiger partial charge in [-0.15, -0.1) is 0 Å². The summed E-state index contributed by atoms with van der Waals surface area (Å²) in [6.45, 7) is 6.15. The Labute approximate surface area is 199 Å². The molecule has 0 aromatic heterocycles. The summed E-state index contributed by atoms with van der Waals surface area (Å²) in [5.74, 6) is 1.38. The number of amides is 2. The van der Waals surface area contributed by atoms with E-state index in [0.717, 1.165) is 16.9 Å². The van der Waals surface area contributed by atoms with Crippen molar-refractivity contribution in [2.75, 3.05) is 0 Å². The van der Waals surface area contributed by atoms with E-state index >= 15 is 0 Å². The van der Waals surface area contributed by atoms with Gasteiger partial charge < -0.3 is 20.1 Å². The number of esters is 1. The summed E-state index contributed by atoms with van der Waals surface area (Å²) in [6, 6.07) is 23.8. The monoisotopic (exact) mass is 456 g/mol. The molecular weight excluding hydrogens is 428 g/mol. The van der Waals surface area contributed by atoms with Gasteiger partial charge in [-0.25, -0.2) is 9.59 Å². The second-order valence-electron chi connectivity index (χ2n) is 8.53. The van der Waals surface area contributed by atoms with Gasteiger partial charge in [-0.2, -0.15) is 0 Å². The zero-order chi connectivity index (χ0) is 24.1. The van der Waals surface area contributed by atoms with Crippen LogP contribution in [0.1, 0.15) is 49.4 Å². The zero-order valence-corrected chi connectivity index (χ0v) is 19.5. The van der Waals surface area contributed by atoms with Crippen molar-refractivity contribution in [3.05, 3.63) is 107 Å². The molecule has 6 heteroatoms. The van der Waals surface area contributed by atoms with Gasteiger partial charge in [0.1, 0.15) is 18.1 Å². The van der Waals surface area contributed by atoms with E-state index in [2.05, 4.69) is 36.6 Å². The molecule has 1 aliphatic rings. The van der Waals surface area contributed by atoms with E-state index in [9.17, 15) is 9.59 Å². The number of ether oxygens (including phenoxy) is 2. The van der Waals surface area contributed by atoms with Crippen LogP contribution in [-0.2, 0) is 16.1 Å². The summed E-state index contributed by atoms with van der Waals surface area (Å²) >= 11 is 0. The van der Waals surface area contributed by atoms with Crippen molar-refractivity contribution >= 4 is 12.0 Å². The SMILES string of the molecule is CC1=C(C(=O)OCc2ccccc2)C(c2ccc(Oc3ccc(C(C)C)cc3)cc2)NC(=O)N1. The van der Waals surface area contributed by atoms with Crippen LogP contribution < -0.4 is 15.4 Å². The third-order valence-electron chi connectivity index (χ3n) is 5.70. The van der Waals surface area contributed by atoms with Crippen LogP contribution in [0.15, 0.2) is 90.1 Å². The number of urea groups is 1. The Morgan fingerprint density at radius 1 is 0.912 bits per heavy atom. The highest BCUT2D eigenvalue weighted by Crippen LogP contribution is 2.30. The van der Waals surface area contributed by atoms with Crippen LogP contribution in [0.3, 0.4) is 0 Å². The summed E-state index contributed by atoms with van der Waals surface area (Å²) in [6.07, 6.45) is 0. The zero-order valence-electron chi connectivity index (χ0n) is 19.5. The molecule has 3 aromatic carbocycles. The molecule has 0 aliphatic carbocycles. The van der Waals surface area contributed by atoms with Crippen molar-refractivity contribution in [2.24, 2.45) is 0 Å². The minimum absolute atomic E-state index is 0.152. The molecule has 0 saturated carbocycles. The standard InChI is InChI=1S/C28H28N2O4/c1-18(2)21-9-13-23(14-10-21)34-24-15-11-22(12-16-24)26-25(19(3)29-28(32)30-26)27(31)33-17-20-7-5-4-6-8-20/h4-16,18,26H,17H2,1-3H3,(H2,29,30,32). The lowest BCUT2D eigenvalue weighted by Gasteiger charge is -2.28. The molecule has 0 radical (unpaired) electrons. The average Bonchev–Trinajstić information content (AvgIpc) is 2.83. The van der Waals surface area contributed by atoms with Gasteiger partial charge >= 0.3 is 12.0 Å². The summed E-state index contributed by atoms with van der Waals surface area (Å²) < 4.78 is 11.5. The normalized spacial score (nSPS) is 15.5. The minimum atomic E-state index is -0.628. The van der Waals surface area contributed by atoms with Gasteiger partial charge in [-0.05, 0) is 53.8 Å². The lowest BCUT2D eigenvalue weighted by Crippen LogP contribution is -2.45. The van der Waals surface area contributed by atoms with Crippen LogP contribution in [-0.4, -0.2) is 12.0 Å². The molecule has 3 aromatic rings. The number of carbonyl (C=O) groups excluding carboxylic acids is 2. The molecule has 1 atom stereocenters. The maximum atomic E-state index is 13.0. The molecule has 0 fully saturated rings. The molecule has 4 rings (SSSR count). The molecule has 2 N–H and O–H groups in total. The topological polar surface area (TPSA) is 76.7 Å². The van der Waals surface area contributed by atoms with Gasteiger partial charge in [-0.1, -0.05) is 68.4 Å². The Bertz CT molecular complexity index is 1180. The van der Waals surface area contributed by atoms with Gasteiger partial charge in [0.05, 0.1) is 11.6 Å². The van der Waals surface area contributed by atoms with Crippen molar-refractivity contribution < 1.29 is 19.1 Å². The fourth-order valence-electron chi connectivity index (χ4n) is 3.80. The number of hydrogen-bond acceptors (Lipinski definition) is 4. The quantitative estimate of drug-likeness (QED) is 0.429. The predicted octanol–water partition coefficient (Wildman–Crippen LogP) is 5.97. The molecule has 0 bridgehead atoms. The van der Waals surface area contributed by atoms with Crippen molar-refractivity contribution in [3.63, 3.8) is 0 Å². The smallest absolute Gasteiger partial charge is 0.338 e. The Kier molecular flexibility index (Phi) is 6.97. The highest BCUT2D eigenvalue weighted by molar-refractivity contribution is 5.95. The van der Waals surface area contributed by atoms with Crippen LogP contribution in [0.25, 0.3) is 0 Å². The number of rotatable bonds is 7. The van der Waals surface area contributed by atoms with Crippen molar-refractivity contribution in [1.82, 2.24) is 10.6 Å². The molecule has 0 saturated heterocycles. The Balaban J connectivity index is 1.49. The minimum Gasteiger partial charge on any atom is -0.457 e. The van der Waals surface area contributed by atoms with Crippen LogP contribution in [0.4, 0.5) is 4.79 Å². The fourth-order valence-corrected chi connectivity index (χ4v) is 3.80. The number of carbonyl (C=O) groups is 2. The first-order valence-corrected chi connectivity index (χ1v) is 11.3. The summed E-state index contributed by atoms with van der Waals surface area (Å²) in [5, 5.41) is 5.50. The number of benzene rings is 3. The van der Waals surface area contributed by atoms with E-state index in [1.165, 1.54) is 5.56 Å². The van der Waals surface area contributed by atoms with E-state index in [1.807, 2.05) is 66.7 Å². The maximum Gasteiger partial charge on any atom is 0.338 e. The number of allylic oxidation sites excluding steroid dienone is 1. The molecular formula is C28H28N2O4. The first-order valence-electron chi connectivity index (χ1n) is 11.3. The Hall–Kier alpha value is -4.06. The molecule has 0 spiro atoms. The third kappa shape index (κ3) is 5.46. The number of hydrogen-bond donors (Lipinski definition) is 2. The summed E-state index contributed by atoms with van der Waals surface area (Å²) in [7, 11) is 0. The van der Waals surface area contributed by atoms with E-state index < -0.39 is 12.0 Å². The van der Waals surface area contributed by atoms with Crippen molar-refractivity contribution in [2.45, 2.75) is 39.3 Å². The molecule has 6 nitrogen and oxygen atoms in total. The lowest BCUT2D eigenvalue weighted by molar-refractivity contribution is -0.140. The van der Waals surface area contributed by atoms with E-state index in [4.69, 9.17) is 9.47 Å². The molecule has 34 heavy (non-hydrogen) atoms. The predicted molar refractivity (Wildman–Crippen MR) is 130 cm³/mol. The fraction of sp³-hybridized carbons (Fsp3) is 0.214. The van der Waals surface area contributed by atoms with Gasteiger partial charge in [0, 0.05) is 5.70 Å². The Morgan fingerprint density at radius 2 is 1.53 bits per heavy atom. The molecule has 1 aliphatic heterocycles. The van der Waals surface area contributed by atoms with Crippen molar-refractivity contribution in [1.29, 1.82) is 0 Å². The highest BCUT2D eigenvalue weighted by Gasteiger charge is 2.32. The molecule has 174 valence electrons. The second kappa shape index (κ2) is 10.3. The molecule has 1 heterocycles. The average molecular weight is 457 g/mol. The van der Waals surface area contributed by atoms with Crippen LogP contribution >= 0.6 is 0 Å². The van der Waals surface area contributed by atoms with Crippen LogP contribution in [0, 0.1) is 0 Å². The van der Waals surface area contributed by atoms with E-state index in [-0.39, 0.29) is 12.6 Å². The number of nitrogens with one attached hydrogen (secondary N) is 2. The van der Waals surface area contributed by atoms with E-state index in [0.29, 0.717) is 22.9 Å². The van der Waals surface area contributed by atoms with Gasteiger partial charge in [0.15, 0.2) is 0 Å². The van der Waals surface area contributed by atoms with Gasteiger partial charge in [0.25, 0.3) is 0 Å². The molecule has 1 unspecified atom stereocenters. The van der Waals surface area contributed by atoms with E-state index in [1.54, 1.807) is 6.92 Å². The van der Waals surface area contributed by atoms with Crippen LogP contribution in [0.2, 0.25) is 0 Å². The molecule has 2 amide bonds. The first kappa shape index (κ1) is 23.1. The largest absolute Gasteiger partial charge is 0.457 e.